The summed E-state index contributed by atoms with van der Waals surface area (Å²) in [4.78, 5) is 1.39. The molecule has 1 N–H and O–H groups in total. The summed E-state index contributed by atoms with van der Waals surface area (Å²) in [6, 6.07) is 14.7. The van der Waals surface area contributed by atoms with E-state index in [9.17, 15) is 0 Å². The quantitative estimate of drug-likeness (QED) is 0.603. The third-order valence-electron chi connectivity index (χ3n) is 3.18. The molecule has 1 unspecified atom stereocenters. The van der Waals surface area contributed by atoms with E-state index in [2.05, 4.69) is 64.2 Å². The van der Waals surface area contributed by atoms with Gasteiger partial charge in [-0.05, 0) is 30.4 Å². The van der Waals surface area contributed by atoms with Crippen LogP contribution in [0.4, 0.5) is 5.13 Å². The molecule has 0 saturated carbocycles. The number of nitrogens with zero attached hydrogens (tertiary/aromatic N) is 2. The van der Waals surface area contributed by atoms with Crippen LogP contribution in [0.3, 0.4) is 0 Å². The van der Waals surface area contributed by atoms with Gasteiger partial charge in [-0.15, -0.1) is 21.5 Å². The largest absolute Gasteiger partial charge is 0.360 e. The van der Waals surface area contributed by atoms with E-state index in [1.807, 2.05) is 6.07 Å². The van der Waals surface area contributed by atoms with E-state index >= 15 is 0 Å². The van der Waals surface area contributed by atoms with Gasteiger partial charge in [0, 0.05) is 16.7 Å². The van der Waals surface area contributed by atoms with Crippen molar-refractivity contribution in [2.45, 2.75) is 22.9 Å². The lowest BCUT2D eigenvalue weighted by Gasteiger charge is -2.08. The Hall–Kier alpha value is -1.37. The summed E-state index contributed by atoms with van der Waals surface area (Å²) in [7, 11) is 0. The second-order valence-electron chi connectivity index (χ2n) is 4.80. The molecule has 6 heteroatoms. The average molecular weight is 348 g/mol. The summed E-state index contributed by atoms with van der Waals surface area (Å²) in [5.74, 6) is 0. The van der Waals surface area contributed by atoms with E-state index in [0.29, 0.717) is 5.25 Å². The first-order valence-corrected chi connectivity index (χ1v) is 9.70. The molecule has 1 aromatic carbocycles. The second-order valence-corrected chi connectivity index (χ2v) is 8.40. The molecule has 0 fully saturated rings. The van der Waals surface area contributed by atoms with Crippen LogP contribution in [0.15, 0.2) is 52.2 Å². The lowest BCUT2D eigenvalue weighted by molar-refractivity contribution is 0.975. The van der Waals surface area contributed by atoms with Crippen LogP contribution in [0, 0.1) is 0 Å². The van der Waals surface area contributed by atoms with Crippen molar-refractivity contribution in [3.8, 4) is 0 Å². The number of hydrogen-bond acceptors (Lipinski definition) is 6. The van der Waals surface area contributed by atoms with Gasteiger partial charge in [0.1, 0.15) is 0 Å². The Morgan fingerprint density at radius 1 is 1.14 bits per heavy atom. The van der Waals surface area contributed by atoms with Crippen molar-refractivity contribution < 1.29 is 0 Å². The number of nitrogens with one attached hydrogen (secondary N) is 1. The SMILES string of the molecule is CC(Sc1nnc(NCCc2cccs2)s1)c1ccccc1. The van der Waals surface area contributed by atoms with Crippen LogP contribution in [0.25, 0.3) is 0 Å². The highest BCUT2D eigenvalue weighted by Gasteiger charge is 2.11. The number of aromatic nitrogens is 2. The van der Waals surface area contributed by atoms with E-state index in [0.717, 1.165) is 22.4 Å². The van der Waals surface area contributed by atoms with Gasteiger partial charge in [-0.1, -0.05) is 59.5 Å². The summed E-state index contributed by atoms with van der Waals surface area (Å²) in [5, 5.41) is 15.2. The van der Waals surface area contributed by atoms with Crippen LogP contribution >= 0.6 is 34.4 Å². The van der Waals surface area contributed by atoms with Gasteiger partial charge in [0.05, 0.1) is 0 Å². The van der Waals surface area contributed by atoms with E-state index in [-0.39, 0.29) is 0 Å². The van der Waals surface area contributed by atoms with Crippen molar-refractivity contribution in [2.75, 3.05) is 11.9 Å². The fourth-order valence-electron chi connectivity index (χ4n) is 2.02. The third-order valence-corrected chi connectivity index (χ3v) is 6.24. The molecular weight excluding hydrogens is 330 g/mol. The summed E-state index contributed by atoms with van der Waals surface area (Å²) in [6.45, 7) is 3.10. The standard InChI is InChI=1S/C16H17N3S3/c1-12(13-6-3-2-4-7-13)21-16-19-18-15(22-16)17-10-9-14-8-5-11-20-14/h2-8,11-12H,9-10H2,1H3,(H,17,18). The van der Waals surface area contributed by atoms with Gasteiger partial charge in [0.15, 0.2) is 4.34 Å². The normalized spacial score (nSPS) is 12.2. The number of benzene rings is 1. The monoisotopic (exact) mass is 347 g/mol. The Bertz CT molecular complexity index is 680. The Morgan fingerprint density at radius 3 is 2.77 bits per heavy atom. The number of hydrogen-bond donors (Lipinski definition) is 1. The molecule has 3 rings (SSSR count). The molecule has 1 atom stereocenters. The zero-order valence-corrected chi connectivity index (χ0v) is 14.7. The number of rotatable bonds is 7. The van der Waals surface area contributed by atoms with Gasteiger partial charge in [-0.2, -0.15) is 0 Å². The molecule has 22 heavy (non-hydrogen) atoms. The Kier molecular flexibility index (Phi) is 5.48. The van der Waals surface area contributed by atoms with Gasteiger partial charge in [-0.3, -0.25) is 0 Å². The van der Waals surface area contributed by atoms with Crippen LogP contribution in [0.2, 0.25) is 0 Å². The Morgan fingerprint density at radius 2 is 2.00 bits per heavy atom. The zero-order chi connectivity index (χ0) is 15.2. The molecule has 114 valence electrons. The van der Waals surface area contributed by atoms with Crippen molar-refractivity contribution in [1.29, 1.82) is 0 Å². The van der Waals surface area contributed by atoms with Gasteiger partial charge in [-0.25, -0.2) is 0 Å². The maximum atomic E-state index is 4.27. The highest BCUT2D eigenvalue weighted by atomic mass is 32.2. The molecule has 2 aromatic heterocycles. The molecule has 0 saturated heterocycles. The molecule has 0 amide bonds. The summed E-state index contributed by atoms with van der Waals surface area (Å²) in [5.41, 5.74) is 1.31. The van der Waals surface area contributed by atoms with E-state index in [1.165, 1.54) is 10.4 Å². The predicted octanol–water partition coefficient (Wildman–Crippen LogP) is 5.11. The molecule has 3 nitrogen and oxygen atoms in total. The topological polar surface area (TPSA) is 37.8 Å². The number of thioether (sulfide) groups is 1. The van der Waals surface area contributed by atoms with Crippen LogP contribution in [0.1, 0.15) is 22.6 Å². The molecule has 0 aliphatic carbocycles. The van der Waals surface area contributed by atoms with Gasteiger partial charge in [0.2, 0.25) is 5.13 Å². The van der Waals surface area contributed by atoms with E-state index in [4.69, 9.17) is 0 Å². The molecule has 3 aromatic rings. The maximum Gasteiger partial charge on any atom is 0.206 e. The number of thiophene rings is 1. The summed E-state index contributed by atoms with van der Waals surface area (Å²) in [6.07, 6.45) is 1.03. The fourth-order valence-corrected chi connectivity index (χ4v) is 4.78. The van der Waals surface area contributed by atoms with Gasteiger partial charge in [0.25, 0.3) is 0 Å². The minimum Gasteiger partial charge on any atom is -0.360 e. The van der Waals surface area contributed by atoms with Crippen LogP contribution in [0.5, 0.6) is 0 Å². The first kappa shape index (κ1) is 15.5. The molecule has 2 heterocycles. The van der Waals surface area contributed by atoms with E-state index < -0.39 is 0 Å². The number of anilines is 1. The second kappa shape index (κ2) is 7.76. The van der Waals surface area contributed by atoms with Crippen molar-refractivity contribution in [1.82, 2.24) is 10.2 Å². The maximum absolute atomic E-state index is 4.27. The van der Waals surface area contributed by atoms with Gasteiger partial charge >= 0.3 is 0 Å². The first-order valence-electron chi connectivity index (χ1n) is 7.12. The van der Waals surface area contributed by atoms with Crippen LogP contribution in [-0.2, 0) is 6.42 Å². The molecule has 0 spiro atoms. The molecule has 0 aliphatic rings. The summed E-state index contributed by atoms with van der Waals surface area (Å²) < 4.78 is 1.01. The Labute approximate surface area is 142 Å². The molecular formula is C16H17N3S3. The lowest BCUT2D eigenvalue weighted by atomic mass is 10.2. The minimum atomic E-state index is 0.383. The van der Waals surface area contributed by atoms with Crippen molar-refractivity contribution in [3.63, 3.8) is 0 Å². The molecule has 0 aliphatic heterocycles. The fraction of sp³-hybridized carbons (Fsp3) is 0.250. The van der Waals surface area contributed by atoms with E-state index in [1.54, 1.807) is 34.4 Å². The molecule has 0 radical (unpaired) electrons. The first-order chi connectivity index (χ1) is 10.8. The highest BCUT2D eigenvalue weighted by molar-refractivity contribution is 8.01. The predicted molar refractivity (Wildman–Crippen MR) is 97.1 cm³/mol. The molecule has 0 bridgehead atoms. The van der Waals surface area contributed by atoms with Crippen molar-refractivity contribution in [2.24, 2.45) is 0 Å². The van der Waals surface area contributed by atoms with Gasteiger partial charge < -0.3 is 5.32 Å². The Balaban J connectivity index is 1.50. The minimum absolute atomic E-state index is 0.383. The third kappa shape index (κ3) is 4.32. The average Bonchev–Trinajstić information content (AvgIpc) is 3.20. The van der Waals surface area contributed by atoms with Crippen LogP contribution in [-0.4, -0.2) is 16.7 Å². The smallest absolute Gasteiger partial charge is 0.206 e. The lowest BCUT2D eigenvalue weighted by Crippen LogP contribution is -2.03. The van der Waals surface area contributed by atoms with Crippen molar-refractivity contribution >= 4 is 39.6 Å². The van der Waals surface area contributed by atoms with Crippen molar-refractivity contribution in [3.05, 3.63) is 58.3 Å². The highest BCUT2D eigenvalue weighted by Crippen LogP contribution is 2.37. The summed E-state index contributed by atoms with van der Waals surface area (Å²) >= 11 is 5.17. The zero-order valence-electron chi connectivity index (χ0n) is 12.2. The van der Waals surface area contributed by atoms with Crippen LogP contribution < -0.4 is 5.32 Å².